The summed E-state index contributed by atoms with van der Waals surface area (Å²) in [6, 6.07) is 5.03. The maximum atomic E-state index is 12.6. The number of hydrogen-bond acceptors (Lipinski definition) is 2. The largest absolute Gasteiger partial charge is 0.352 e. The molecule has 0 bridgehead atoms. The predicted octanol–water partition coefficient (Wildman–Crippen LogP) is 2.71. The minimum absolute atomic E-state index is 0.0772. The van der Waals surface area contributed by atoms with Crippen LogP contribution in [0.2, 0.25) is 5.02 Å². The van der Waals surface area contributed by atoms with Gasteiger partial charge < -0.3 is 10.2 Å². The average molecular weight is 345 g/mol. The van der Waals surface area contributed by atoms with Crippen molar-refractivity contribution < 1.29 is 9.59 Å². The van der Waals surface area contributed by atoms with E-state index in [4.69, 9.17) is 24.4 Å². The van der Waals surface area contributed by atoms with Crippen molar-refractivity contribution in [1.82, 2.24) is 10.2 Å². The fourth-order valence-electron chi connectivity index (χ4n) is 1.88. The molecule has 1 aromatic rings. The van der Waals surface area contributed by atoms with Crippen molar-refractivity contribution in [2.75, 3.05) is 13.1 Å². The van der Waals surface area contributed by atoms with Crippen LogP contribution in [0.25, 0.3) is 0 Å². The molecule has 0 aliphatic rings. The first kappa shape index (κ1) is 19.6. The number of rotatable bonds is 5. The molecule has 126 valence electrons. The molecule has 0 radical (unpaired) electrons. The first-order chi connectivity index (χ1) is 11.2. The molecule has 1 rings (SSSR count). The van der Waals surface area contributed by atoms with Crippen LogP contribution in [0.4, 0.5) is 0 Å². The maximum absolute atomic E-state index is 12.6. The van der Waals surface area contributed by atoms with Crippen LogP contribution in [-0.4, -0.2) is 29.8 Å². The zero-order valence-corrected chi connectivity index (χ0v) is 14.9. The van der Waals surface area contributed by atoms with Gasteiger partial charge in [0.05, 0.1) is 23.7 Å². The molecule has 1 N–H and O–H groups in total. The summed E-state index contributed by atoms with van der Waals surface area (Å²) in [7, 11) is 0. The molecular formula is C19H21ClN2O2. The van der Waals surface area contributed by atoms with E-state index in [9.17, 15) is 9.59 Å². The van der Waals surface area contributed by atoms with Crippen molar-refractivity contribution in [3.8, 4) is 24.7 Å². The molecular weight excluding hydrogens is 324 g/mol. The third-order valence-corrected chi connectivity index (χ3v) is 3.58. The molecule has 0 fully saturated rings. The normalized spacial score (nSPS) is 10.4. The van der Waals surface area contributed by atoms with Gasteiger partial charge in [-0.05, 0) is 17.7 Å². The van der Waals surface area contributed by atoms with E-state index in [0.29, 0.717) is 17.1 Å². The number of carbonyl (C=O) groups is 2. The molecule has 4 nitrogen and oxygen atoms in total. The summed E-state index contributed by atoms with van der Waals surface area (Å²) >= 11 is 6.13. The molecule has 1 aromatic carbocycles. The molecule has 2 amide bonds. The molecule has 0 heterocycles. The molecule has 0 saturated heterocycles. The van der Waals surface area contributed by atoms with Gasteiger partial charge in [0, 0.05) is 12.0 Å². The van der Waals surface area contributed by atoms with Crippen molar-refractivity contribution in [1.29, 1.82) is 0 Å². The highest BCUT2D eigenvalue weighted by molar-refractivity contribution is 6.33. The Morgan fingerprint density at radius 2 is 1.79 bits per heavy atom. The van der Waals surface area contributed by atoms with E-state index in [1.54, 1.807) is 18.2 Å². The van der Waals surface area contributed by atoms with Crippen LogP contribution >= 0.6 is 11.6 Å². The van der Waals surface area contributed by atoms with Crippen molar-refractivity contribution in [2.45, 2.75) is 27.3 Å². The van der Waals surface area contributed by atoms with Crippen LogP contribution < -0.4 is 5.32 Å². The van der Waals surface area contributed by atoms with Crippen LogP contribution in [0, 0.1) is 30.1 Å². The number of amides is 2. The van der Waals surface area contributed by atoms with Crippen LogP contribution in [0.15, 0.2) is 18.2 Å². The fraction of sp³-hybridized carbons (Fsp3) is 0.368. The number of hydrogen-bond donors (Lipinski definition) is 1. The third-order valence-electron chi connectivity index (χ3n) is 3.25. The summed E-state index contributed by atoms with van der Waals surface area (Å²) in [6.45, 7) is 6.00. The third kappa shape index (κ3) is 5.33. The summed E-state index contributed by atoms with van der Waals surface area (Å²) in [6.07, 6.45) is 10.5. The van der Waals surface area contributed by atoms with E-state index >= 15 is 0 Å². The number of benzene rings is 1. The second kappa shape index (κ2) is 8.43. The Labute approximate surface area is 148 Å². The number of nitrogens with one attached hydrogen (secondary N) is 1. The second-order valence-corrected chi connectivity index (χ2v) is 6.72. The molecule has 0 aromatic heterocycles. The van der Waals surface area contributed by atoms with Crippen LogP contribution in [0.3, 0.4) is 0 Å². The SMILES string of the molecule is C#CCN(CC#C)C(=O)c1cc(CNC(=O)C(C)(C)C)ccc1Cl. The Bertz CT molecular complexity index is 690. The minimum Gasteiger partial charge on any atom is -0.352 e. The lowest BCUT2D eigenvalue weighted by molar-refractivity contribution is -0.128. The first-order valence-electron chi connectivity index (χ1n) is 7.43. The van der Waals surface area contributed by atoms with E-state index in [1.165, 1.54) is 4.90 Å². The quantitative estimate of drug-likeness (QED) is 0.835. The first-order valence-corrected chi connectivity index (χ1v) is 7.81. The summed E-state index contributed by atoms with van der Waals surface area (Å²) in [4.78, 5) is 25.9. The molecule has 0 unspecified atom stereocenters. The van der Waals surface area contributed by atoms with Crippen LogP contribution in [0.5, 0.6) is 0 Å². The van der Waals surface area contributed by atoms with Gasteiger partial charge in [0.1, 0.15) is 0 Å². The fourth-order valence-corrected chi connectivity index (χ4v) is 2.08. The Balaban J connectivity index is 2.97. The van der Waals surface area contributed by atoms with E-state index in [2.05, 4.69) is 17.2 Å². The average Bonchev–Trinajstić information content (AvgIpc) is 2.52. The molecule has 24 heavy (non-hydrogen) atoms. The van der Waals surface area contributed by atoms with Gasteiger partial charge in [0.15, 0.2) is 0 Å². The maximum Gasteiger partial charge on any atom is 0.256 e. The van der Waals surface area contributed by atoms with Gasteiger partial charge in [0.2, 0.25) is 5.91 Å². The van der Waals surface area contributed by atoms with Crippen molar-refractivity contribution in [3.05, 3.63) is 34.3 Å². The number of halogens is 1. The van der Waals surface area contributed by atoms with E-state index in [-0.39, 0.29) is 24.9 Å². The summed E-state index contributed by atoms with van der Waals surface area (Å²) < 4.78 is 0. The number of nitrogens with zero attached hydrogens (tertiary/aromatic N) is 1. The Morgan fingerprint density at radius 1 is 1.21 bits per heavy atom. The van der Waals surface area contributed by atoms with E-state index in [0.717, 1.165) is 5.56 Å². The highest BCUT2D eigenvalue weighted by Gasteiger charge is 2.21. The van der Waals surface area contributed by atoms with Crippen LogP contribution in [0.1, 0.15) is 36.7 Å². The minimum atomic E-state index is -0.485. The van der Waals surface area contributed by atoms with Gasteiger partial charge in [-0.3, -0.25) is 9.59 Å². The van der Waals surface area contributed by atoms with Crippen molar-refractivity contribution in [2.24, 2.45) is 5.41 Å². The van der Waals surface area contributed by atoms with Gasteiger partial charge in [0.25, 0.3) is 5.91 Å². The van der Waals surface area contributed by atoms with E-state index < -0.39 is 5.41 Å². The van der Waals surface area contributed by atoms with Gasteiger partial charge >= 0.3 is 0 Å². The second-order valence-electron chi connectivity index (χ2n) is 6.32. The summed E-state index contributed by atoms with van der Waals surface area (Å²) in [5, 5.41) is 3.14. The van der Waals surface area contributed by atoms with E-state index in [1.807, 2.05) is 20.8 Å². The van der Waals surface area contributed by atoms with Crippen LogP contribution in [-0.2, 0) is 11.3 Å². The zero-order valence-electron chi connectivity index (χ0n) is 14.1. The van der Waals surface area contributed by atoms with Gasteiger partial charge in [-0.15, -0.1) is 12.8 Å². The molecule has 5 heteroatoms. The van der Waals surface area contributed by atoms with Gasteiger partial charge in [-0.1, -0.05) is 50.3 Å². The number of carbonyl (C=O) groups excluding carboxylic acids is 2. The summed E-state index contributed by atoms with van der Waals surface area (Å²) in [5.41, 5.74) is 0.591. The highest BCUT2D eigenvalue weighted by atomic mass is 35.5. The lowest BCUT2D eigenvalue weighted by Gasteiger charge is -2.20. The standard InChI is InChI=1S/C19H21ClN2O2/c1-6-10-22(11-7-2)17(23)15-12-14(8-9-16(15)20)13-21-18(24)19(3,4)5/h1-2,8-9,12H,10-11,13H2,3-5H3,(H,21,24). The Kier molecular flexibility index (Phi) is 6.89. The monoisotopic (exact) mass is 344 g/mol. The Hall–Kier alpha value is -2.43. The van der Waals surface area contributed by atoms with Crippen molar-refractivity contribution >= 4 is 23.4 Å². The Morgan fingerprint density at radius 3 is 2.29 bits per heavy atom. The number of terminal acetylenes is 2. The predicted molar refractivity (Wildman–Crippen MR) is 96.3 cm³/mol. The topological polar surface area (TPSA) is 49.4 Å². The molecule has 0 aliphatic carbocycles. The van der Waals surface area contributed by atoms with Gasteiger partial charge in [-0.25, -0.2) is 0 Å². The molecule has 0 atom stereocenters. The lowest BCUT2D eigenvalue weighted by atomic mass is 9.95. The van der Waals surface area contributed by atoms with Crippen molar-refractivity contribution in [3.63, 3.8) is 0 Å². The van der Waals surface area contributed by atoms with Gasteiger partial charge in [-0.2, -0.15) is 0 Å². The summed E-state index contributed by atoms with van der Waals surface area (Å²) in [5.74, 6) is 4.40. The lowest BCUT2D eigenvalue weighted by Crippen LogP contribution is -2.34. The molecule has 0 spiro atoms. The molecule has 0 saturated carbocycles. The smallest absolute Gasteiger partial charge is 0.256 e. The zero-order chi connectivity index (χ0) is 18.3. The highest BCUT2D eigenvalue weighted by Crippen LogP contribution is 2.20. The molecule has 0 aliphatic heterocycles.